The van der Waals surface area contributed by atoms with E-state index in [0.29, 0.717) is 0 Å². The number of para-hydroxylation sites is 1. The molecule has 4 heteroatoms. The molecule has 0 fully saturated rings. The zero-order valence-corrected chi connectivity index (χ0v) is 24.7. The van der Waals surface area contributed by atoms with Crippen LogP contribution in [0.1, 0.15) is 0 Å². The van der Waals surface area contributed by atoms with Gasteiger partial charge in [0, 0.05) is 62.1 Å². The molecule has 0 unspecified atom stereocenters. The van der Waals surface area contributed by atoms with Gasteiger partial charge in [-0.3, -0.25) is 0 Å². The quantitative estimate of drug-likeness (QED) is 0.185. The second-order valence-electron chi connectivity index (χ2n) is 10.7. The third kappa shape index (κ3) is 3.61. The monoisotopic (exact) mass is 591 g/mol. The van der Waals surface area contributed by atoms with Gasteiger partial charge in [0.15, 0.2) is 0 Å². The van der Waals surface area contributed by atoms with E-state index in [4.69, 9.17) is 11.6 Å². The fraction of sp³-hybridized carbons (Fsp3) is 0. The summed E-state index contributed by atoms with van der Waals surface area (Å²) in [7, 11) is 0. The molecule has 0 aliphatic carbocycles. The number of benzene rings is 7. The molecule has 0 aliphatic rings. The molecule has 0 radical (unpaired) electrons. The van der Waals surface area contributed by atoms with Crippen LogP contribution in [-0.4, -0.2) is 0 Å². The van der Waals surface area contributed by atoms with Crippen LogP contribution in [0.4, 0.5) is 17.1 Å². The number of anilines is 3. The second kappa shape index (κ2) is 9.30. The average Bonchev–Trinajstić information content (AvgIpc) is 3.59. The number of hydrogen-bond acceptors (Lipinski definition) is 3. The van der Waals surface area contributed by atoms with Gasteiger partial charge in [0.1, 0.15) is 0 Å². The molecule has 0 amide bonds. The molecule has 1 nitrogen and oxygen atoms in total. The first-order valence-electron chi connectivity index (χ1n) is 14.0. The molecule has 198 valence electrons. The third-order valence-corrected chi connectivity index (χ3v) is 10.9. The van der Waals surface area contributed by atoms with Gasteiger partial charge in [0.25, 0.3) is 0 Å². The van der Waals surface area contributed by atoms with E-state index < -0.39 is 0 Å². The Bertz CT molecular complexity index is 2490. The van der Waals surface area contributed by atoms with Gasteiger partial charge in [0.2, 0.25) is 0 Å². The summed E-state index contributed by atoms with van der Waals surface area (Å²) in [5.41, 5.74) is 3.44. The van der Waals surface area contributed by atoms with Crippen LogP contribution in [0, 0.1) is 0 Å². The fourth-order valence-electron chi connectivity index (χ4n) is 6.40. The lowest BCUT2D eigenvalue weighted by Crippen LogP contribution is -2.10. The van der Waals surface area contributed by atoms with Crippen LogP contribution >= 0.6 is 34.3 Å². The summed E-state index contributed by atoms with van der Waals surface area (Å²) in [6.07, 6.45) is 0. The van der Waals surface area contributed by atoms with Crippen molar-refractivity contribution in [2.45, 2.75) is 0 Å². The molecule has 0 saturated carbocycles. The predicted molar refractivity (Wildman–Crippen MR) is 187 cm³/mol. The Balaban J connectivity index is 1.40. The smallest absolute Gasteiger partial charge is 0.0546 e. The van der Waals surface area contributed by atoms with E-state index in [-0.39, 0.29) is 0 Å². The highest BCUT2D eigenvalue weighted by Gasteiger charge is 2.20. The summed E-state index contributed by atoms with van der Waals surface area (Å²) in [5.74, 6) is 0. The molecule has 9 aromatic rings. The largest absolute Gasteiger partial charge is 0.310 e. The summed E-state index contributed by atoms with van der Waals surface area (Å²) < 4.78 is 5.08. The maximum atomic E-state index is 6.77. The lowest BCUT2D eigenvalue weighted by Gasteiger charge is -2.27. The maximum Gasteiger partial charge on any atom is 0.0546 e. The van der Waals surface area contributed by atoms with Gasteiger partial charge < -0.3 is 4.90 Å². The van der Waals surface area contributed by atoms with E-state index in [9.17, 15) is 0 Å². The highest BCUT2D eigenvalue weighted by Crippen LogP contribution is 2.47. The van der Waals surface area contributed by atoms with E-state index in [1.165, 1.54) is 62.2 Å². The molecule has 2 heterocycles. The standard InChI is InChI=1S/C38H22ClNS2/c39-32-14-8-16-36-38(32)31-21-28-26-12-5-4-9-23(26)19-33(29(28)22-37(31)42-36)40(24-10-2-1-3-11-24)25-17-18-35-30(20-25)27-13-6-7-15-34(27)41-35/h1-22H. The lowest BCUT2D eigenvalue weighted by molar-refractivity contribution is 1.31. The Hall–Kier alpha value is -4.41. The fourth-order valence-corrected chi connectivity index (χ4v) is 8.97. The van der Waals surface area contributed by atoms with Crippen molar-refractivity contribution in [1.29, 1.82) is 0 Å². The van der Waals surface area contributed by atoms with Crippen molar-refractivity contribution in [3.05, 3.63) is 138 Å². The normalized spacial score (nSPS) is 11.9. The van der Waals surface area contributed by atoms with Gasteiger partial charge in [-0.25, -0.2) is 0 Å². The minimum absolute atomic E-state index is 0.806. The van der Waals surface area contributed by atoms with Crippen molar-refractivity contribution in [3.8, 4) is 0 Å². The molecule has 0 aliphatic heterocycles. The molecule has 0 bridgehead atoms. The van der Waals surface area contributed by atoms with Crippen LogP contribution in [0.2, 0.25) is 5.02 Å². The van der Waals surface area contributed by atoms with Gasteiger partial charge in [-0.1, -0.05) is 78.3 Å². The predicted octanol–water partition coefficient (Wildman–Crippen LogP) is 12.9. The molecule has 42 heavy (non-hydrogen) atoms. The van der Waals surface area contributed by atoms with E-state index in [0.717, 1.165) is 21.8 Å². The van der Waals surface area contributed by atoms with E-state index in [2.05, 4.69) is 126 Å². The van der Waals surface area contributed by atoms with Gasteiger partial charge in [-0.05, 0) is 82.9 Å². The van der Waals surface area contributed by atoms with E-state index in [1.807, 2.05) is 34.8 Å². The Morgan fingerprint density at radius 1 is 0.429 bits per heavy atom. The van der Waals surface area contributed by atoms with E-state index >= 15 is 0 Å². The molecular formula is C38H22ClNS2. The molecule has 2 aromatic heterocycles. The molecule has 9 rings (SSSR count). The Kier molecular flexibility index (Phi) is 5.36. The molecule has 0 N–H and O–H groups in total. The number of hydrogen-bond donors (Lipinski definition) is 0. The number of halogens is 1. The molecular weight excluding hydrogens is 570 g/mol. The van der Waals surface area contributed by atoms with Crippen molar-refractivity contribution in [3.63, 3.8) is 0 Å². The molecule has 0 atom stereocenters. The van der Waals surface area contributed by atoms with Crippen molar-refractivity contribution in [2.24, 2.45) is 0 Å². The van der Waals surface area contributed by atoms with Crippen LogP contribution < -0.4 is 4.90 Å². The highest BCUT2D eigenvalue weighted by atomic mass is 35.5. The Morgan fingerprint density at radius 3 is 2.07 bits per heavy atom. The Labute approximate surface area is 255 Å². The summed E-state index contributed by atoms with van der Waals surface area (Å²) in [6, 6.07) is 48.4. The van der Waals surface area contributed by atoms with Crippen LogP contribution in [0.25, 0.3) is 61.9 Å². The van der Waals surface area contributed by atoms with Crippen LogP contribution in [0.15, 0.2) is 133 Å². The van der Waals surface area contributed by atoms with Crippen molar-refractivity contribution in [1.82, 2.24) is 0 Å². The zero-order valence-electron chi connectivity index (χ0n) is 22.3. The van der Waals surface area contributed by atoms with Gasteiger partial charge in [0.05, 0.1) is 5.69 Å². The van der Waals surface area contributed by atoms with Crippen LogP contribution in [-0.2, 0) is 0 Å². The number of nitrogens with zero attached hydrogens (tertiary/aromatic N) is 1. The van der Waals surface area contributed by atoms with Gasteiger partial charge >= 0.3 is 0 Å². The molecule has 0 spiro atoms. The number of rotatable bonds is 3. The van der Waals surface area contributed by atoms with E-state index in [1.54, 1.807) is 0 Å². The summed E-state index contributed by atoms with van der Waals surface area (Å²) in [5, 5.41) is 10.7. The van der Waals surface area contributed by atoms with Gasteiger partial charge in [-0.15, -0.1) is 22.7 Å². The van der Waals surface area contributed by atoms with Crippen LogP contribution in [0.3, 0.4) is 0 Å². The Morgan fingerprint density at radius 2 is 1.17 bits per heavy atom. The van der Waals surface area contributed by atoms with Crippen molar-refractivity contribution >= 4 is 113 Å². The lowest BCUT2D eigenvalue weighted by atomic mass is 9.97. The van der Waals surface area contributed by atoms with Crippen molar-refractivity contribution in [2.75, 3.05) is 4.90 Å². The topological polar surface area (TPSA) is 3.24 Å². The minimum Gasteiger partial charge on any atom is -0.310 e. The first kappa shape index (κ1) is 24.2. The molecule has 0 saturated heterocycles. The summed E-state index contributed by atoms with van der Waals surface area (Å²) in [4.78, 5) is 2.42. The molecule has 7 aromatic carbocycles. The summed E-state index contributed by atoms with van der Waals surface area (Å²) >= 11 is 10.4. The zero-order chi connectivity index (χ0) is 27.8. The first-order chi connectivity index (χ1) is 20.7. The van der Waals surface area contributed by atoms with Gasteiger partial charge in [-0.2, -0.15) is 0 Å². The maximum absolute atomic E-state index is 6.77. The second-order valence-corrected chi connectivity index (χ2v) is 13.3. The van der Waals surface area contributed by atoms with Crippen LogP contribution in [0.5, 0.6) is 0 Å². The average molecular weight is 592 g/mol. The van der Waals surface area contributed by atoms with Crippen molar-refractivity contribution < 1.29 is 0 Å². The number of fused-ring (bicyclic) bond motifs is 9. The first-order valence-corrected chi connectivity index (χ1v) is 16.0. The summed E-state index contributed by atoms with van der Waals surface area (Å²) in [6.45, 7) is 0. The SMILES string of the molecule is Clc1cccc2sc3cc4c(N(c5ccccc5)c5ccc6sc7ccccc7c6c5)cc5ccccc5c4cc3c12. The minimum atomic E-state index is 0.806. The highest BCUT2D eigenvalue weighted by molar-refractivity contribution is 7.26. The number of thiophene rings is 2. The third-order valence-electron chi connectivity index (χ3n) is 8.28.